The van der Waals surface area contributed by atoms with Crippen molar-refractivity contribution in [3.8, 4) is 0 Å². The molecule has 2 nitrogen and oxygen atoms in total. The van der Waals surface area contributed by atoms with Gasteiger partial charge in [0.25, 0.3) is 0 Å². The van der Waals surface area contributed by atoms with Gasteiger partial charge in [0.15, 0.2) is 0 Å². The minimum absolute atomic E-state index is 0. The Hall–Kier alpha value is 0.443. The molecule has 0 bridgehead atoms. The van der Waals surface area contributed by atoms with Crippen LogP contribution < -0.4 is 0 Å². The van der Waals surface area contributed by atoms with E-state index >= 15 is 0 Å². The van der Waals surface area contributed by atoms with E-state index in [1.54, 1.807) is 0 Å². The molecule has 0 rings (SSSR count). The zero-order chi connectivity index (χ0) is 3.58. The number of rotatable bonds is 0. The first-order valence-electron chi connectivity index (χ1n) is 0.678. The number of carbonyl (C=O) groups is 1. The predicted octanol–water partition coefficient (Wildman–Crippen LogP) is 1.09. The van der Waals surface area contributed by atoms with Crippen LogP contribution >= 0.6 is 12.6 Å². The van der Waals surface area contributed by atoms with Crippen LogP contribution in [0.5, 0.6) is 0 Å². The molecule has 0 aromatic heterocycles. The summed E-state index contributed by atoms with van der Waals surface area (Å²) in [6, 6.07) is 0. The van der Waals surface area contributed by atoms with Crippen LogP contribution in [0.1, 0.15) is 0 Å². The van der Waals surface area contributed by atoms with Gasteiger partial charge in [-0.2, -0.15) is 0 Å². The normalized spacial score (nSPS) is 5.00. The number of hydrogen-bond donors (Lipinski definition) is 1. The van der Waals surface area contributed by atoms with Crippen molar-refractivity contribution >= 4 is 17.9 Å². The van der Waals surface area contributed by atoms with Gasteiger partial charge in [-0.1, -0.05) is 0 Å². The van der Waals surface area contributed by atoms with Crippen molar-refractivity contribution in [1.29, 1.82) is 0 Å². The molecule has 0 radical (unpaired) electrons. The third kappa shape index (κ3) is 135. The maximum Gasteiger partial charge on any atom is 0.104 e. The Labute approximate surface area is 48.3 Å². The number of thiol groups is 1. The molecule has 0 aliphatic rings. The monoisotopic (exact) mass is 140 g/mol. The fraction of sp³-hybridized carbons (Fsp3) is 0. The van der Waals surface area contributed by atoms with Crippen LogP contribution in [0, 0.1) is 0 Å². The summed E-state index contributed by atoms with van der Waals surface area (Å²) in [4.78, 5) is 8.98. The predicted molar refractivity (Wildman–Crippen MR) is 18.7 cm³/mol. The molecule has 0 unspecified atom stereocenters. The van der Waals surface area contributed by atoms with Gasteiger partial charge in [-0.25, -0.2) is 0 Å². The summed E-state index contributed by atoms with van der Waals surface area (Å²) < 4.78 is 0. The quantitative estimate of drug-likeness (QED) is 0.398. The standard InChI is InChI=1S/CH3NOS.Zn/c2-1(3)4;/h(H3,2,3,4);/p-1. The van der Waals surface area contributed by atoms with Crippen molar-refractivity contribution < 1.29 is 24.3 Å². The SMILES string of the molecule is [NH-]C(=O)S.[Zn]. The summed E-state index contributed by atoms with van der Waals surface area (Å²) >= 11 is 2.99. The van der Waals surface area contributed by atoms with Crippen molar-refractivity contribution in [2.24, 2.45) is 0 Å². The molecule has 0 fully saturated rings. The van der Waals surface area contributed by atoms with Gasteiger partial charge in [-0.15, -0.1) is 12.6 Å². The van der Waals surface area contributed by atoms with E-state index in [9.17, 15) is 0 Å². The maximum atomic E-state index is 8.98. The van der Waals surface area contributed by atoms with E-state index in [2.05, 4.69) is 12.6 Å². The van der Waals surface area contributed by atoms with Crippen LogP contribution in [-0.2, 0) is 19.5 Å². The van der Waals surface area contributed by atoms with Crippen molar-refractivity contribution in [1.82, 2.24) is 0 Å². The first kappa shape index (κ1) is 9.06. The molecule has 1 amide bonds. The van der Waals surface area contributed by atoms with E-state index < -0.39 is 5.24 Å². The molecular weight excluding hydrogens is 139 g/mol. The maximum absolute atomic E-state index is 8.98. The van der Waals surface area contributed by atoms with Crippen LogP contribution in [0.3, 0.4) is 0 Å². The third-order valence-corrected chi connectivity index (χ3v) is 0. The van der Waals surface area contributed by atoms with E-state index in [4.69, 9.17) is 10.5 Å². The smallest absolute Gasteiger partial charge is 0.104 e. The summed E-state index contributed by atoms with van der Waals surface area (Å²) in [5, 5.41) is -0.889. The molecule has 5 heavy (non-hydrogen) atoms. The van der Waals surface area contributed by atoms with Crippen molar-refractivity contribution in [2.45, 2.75) is 0 Å². The molecule has 0 spiro atoms. The fourth-order valence-corrected chi connectivity index (χ4v) is 0. The summed E-state index contributed by atoms with van der Waals surface area (Å²) in [5.74, 6) is 0. The number of carbonyl (C=O) groups excluding carboxylic acids is 1. The Morgan fingerprint density at radius 2 is 1.80 bits per heavy atom. The molecule has 0 aliphatic heterocycles. The van der Waals surface area contributed by atoms with Crippen molar-refractivity contribution in [2.75, 3.05) is 0 Å². The molecule has 0 aliphatic carbocycles. The average molecular weight is 141 g/mol. The molecule has 4 heteroatoms. The van der Waals surface area contributed by atoms with Gasteiger partial charge in [0.1, 0.15) is 5.24 Å². The Morgan fingerprint density at radius 1 is 1.80 bits per heavy atom. The largest absolute Gasteiger partial charge is 0.658 e. The summed E-state index contributed by atoms with van der Waals surface area (Å²) in [5.41, 5.74) is 5.81. The van der Waals surface area contributed by atoms with Crippen LogP contribution in [-0.4, -0.2) is 5.24 Å². The van der Waals surface area contributed by atoms with Crippen molar-refractivity contribution in [3.63, 3.8) is 0 Å². The van der Waals surface area contributed by atoms with Gasteiger partial charge < -0.3 is 10.5 Å². The second-order valence-electron chi connectivity index (χ2n) is 0.305. The Balaban J connectivity index is 0. The number of amides is 1. The Bertz CT molecular complexity index is 34.6. The van der Waals surface area contributed by atoms with Crippen LogP contribution in [0.4, 0.5) is 4.79 Å². The fourth-order valence-electron chi connectivity index (χ4n) is 0. The van der Waals surface area contributed by atoms with Gasteiger partial charge in [0, 0.05) is 19.5 Å². The molecule has 1 N–H and O–H groups in total. The minimum atomic E-state index is -0.889. The second kappa shape index (κ2) is 4.44. The van der Waals surface area contributed by atoms with Gasteiger partial charge in [-0.3, -0.25) is 0 Å². The summed E-state index contributed by atoms with van der Waals surface area (Å²) in [7, 11) is 0. The van der Waals surface area contributed by atoms with Crippen LogP contribution in [0.2, 0.25) is 0 Å². The zero-order valence-corrected chi connectivity index (χ0v) is 6.42. The van der Waals surface area contributed by atoms with Gasteiger partial charge in [0.05, 0.1) is 0 Å². The Morgan fingerprint density at radius 3 is 1.80 bits per heavy atom. The topological polar surface area (TPSA) is 40.9 Å². The second-order valence-corrected chi connectivity index (χ2v) is 0.711. The summed E-state index contributed by atoms with van der Waals surface area (Å²) in [6.45, 7) is 0. The van der Waals surface area contributed by atoms with Gasteiger partial charge in [0.2, 0.25) is 0 Å². The van der Waals surface area contributed by atoms with E-state index in [1.807, 2.05) is 0 Å². The minimum Gasteiger partial charge on any atom is -0.658 e. The van der Waals surface area contributed by atoms with E-state index in [-0.39, 0.29) is 19.5 Å². The Kier molecular flexibility index (Phi) is 8.06. The van der Waals surface area contributed by atoms with Gasteiger partial charge >= 0.3 is 0 Å². The van der Waals surface area contributed by atoms with Crippen molar-refractivity contribution in [3.05, 3.63) is 5.73 Å². The molecular formula is CH2NOSZn-. The molecule has 0 saturated heterocycles. The molecule has 0 aromatic carbocycles. The molecule has 0 saturated carbocycles. The molecule has 0 heterocycles. The molecule has 0 atom stereocenters. The van der Waals surface area contributed by atoms with E-state index in [1.165, 1.54) is 0 Å². The summed E-state index contributed by atoms with van der Waals surface area (Å²) in [6.07, 6.45) is 0. The van der Waals surface area contributed by atoms with Crippen LogP contribution in [0.25, 0.3) is 5.73 Å². The van der Waals surface area contributed by atoms with E-state index in [0.717, 1.165) is 0 Å². The first-order chi connectivity index (χ1) is 1.73. The van der Waals surface area contributed by atoms with Gasteiger partial charge in [-0.05, 0) is 0 Å². The molecule has 26 valence electrons. The molecule has 0 aromatic rings. The number of hydrogen-bond acceptors (Lipinski definition) is 1. The third-order valence-electron chi connectivity index (χ3n) is 0. The first-order valence-corrected chi connectivity index (χ1v) is 1.12. The average Bonchev–Trinajstić information content (AvgIpc) is 0.811. The number of nitrogens with one attached hydrogen (secondary N) is 1. The van der Waals surface area contributed by atoms with Crippen LogP contribution in [0.15, 0.2) is 0 Å². The zero-order valence-electron chi connectivity index (χ0n) is 2.56. The van der Waals surface area contributed by atoms with E-state index in [0.29, 0.717) is 0 Å².